The normalized spacial score (nSPS) is 23.6. The number of rotatable bonds is 0. The molecule has 0 N–H and O–H groups in total. The van der Waals surface area contributed by atoms with Gasteiger partial charge >= 0.3 is 0 Å². The zero-order valence-corrected chi connectivity index (χ0v) is 7.76. The highest BCUT2D eigenvalue weighted by molar-refractivity contribution is 7.80. The van der Waals surface area contributed by atoms with Crippen molar-refractivity contribution in [3.63, 3.8) is 0 Å². The summed E-state index contributed by atoms with van der Waals surface area (Å²) < 4.78 is 0. The predicted molar refractivity (Wildman–Crippen MR) is 46.6 cm³/mol. The molecule has 0 unspecified atom stereocenters. The lowest BCUT2D eigenvalue weighted by Gasteiger charge is -1.98. The first-order valence-electron chi connectivity index (χ1n) is 2.62. The smallest absolute Gasteiger partial charge is 0.0789 e. The van der Waals surface area contributed by atoms with Gasteiger partial charge < -0.3 is 0 Å². The van der Waals surface area contributed by atoms with Gasteiger partial charge in [0.2, 0.25) is 0 Å². The Labute approximate surface area is 65.9 Å². The van der Waals surface area contributed by atoms with E-state index in [1.807, 2.05) is 0 Å². The quantitative estimate of drug-likeness (QED) is 0.503. The minimum Gasteiger partial charge on any atom is -0.0789 e. The van der Waals surface area contributed by atoms with Crippen molar-refractivity contribution >= 4 is 30.5 Å². The van der Waals surface area contributed by atoms with E-state index in [1.165, 1.54) is 0 Å². The summed E-state index contributed by atoms with van der Waals surface area (Å²) >= 11 is 11.5. The van der Waals surface area contributed by atoms with Crippen LogP contribution in [0.4, 0.5) is 0 Å². The van der Waals surface area contributed by atoms with Gasteiger partial charge in [-0.2, -0.15) is 0 Å². The van der Waals surface area contributed by atoms with E-state index in [1.54, 1.807) is 0 Å². The Morgan fingerprint density at radius 1 is 1.11 bits per heavy atom. The lowest BCUT2D eigenvalue weighted by atomic mass is 10.6. The average molecular weight is 182 g/mol. The molecular weight excluding hydrogens is 174 g/mol. The van der Waals surface area contributed by atoms with Crippen LogP contribution >= 0.6 is 30.5 Å². The third-order valence-corrected chi connectivity index (χ3v) is 3.99. The second-order valence-electron chi connectivity index (χ2n) is 2.58. The second-order valence-corrected chi connectivity index (χ2v) is 7.17. The first-order chi connectivity index (χ1) is 4.01. The molecule has 0 fully saturated rings. The summed E-state index contributed by atoms with van der Waals surface area (Å²) in [5.41, 5.74) is 0. The molecule has 0 aromatic rings. The summed E-state index contributed by atoms with van der Waals surface area (Å²) in [5.74, 6) is 4.10. The van der Waals surface area contributed by atoms with Crippen LogP contribution in [0.2, 0.25) is 0 Å². The Morgan fingerprint density at radius 3 is 1.56 bits per heavy atom. The van der Waals surface area contributed by atoms with E-state index in [2.05, 4.69) is 25.0 Å². The van der Waals surface area contributed by atoms with Crippen LogP contribution in [0.3, 0.4) is 0 Å². The Bertz CT molecular complexity index is 171. The van der Waals surface area contributed by atoms with Gasteiger partial charge in [0.05, 0.1) is 42.3 Å². The van der Waals surface area contributed by atoms with Crippen LogP contribution < -0.4 is 0 Å². The summed E-state index contributed by atoms with van der Waals surface area (Å²) in [6, 6.07) is 0. The molecule has 0 aliphatic carbocycles. The van der Waals surface area contributed by atoms with Crippen LogP contribution in [-0.4, -0.2) is 13.3 Å². The van der Waals surface area contributed by atoms with Crippen LogP contribution in [0.25, 0.3) is 0 Å². The fraction of sp³-hybridized carbons (Fsp3) is 0.333. The van der Waals surface area contributed by atoms with E-state index in [4.69, 9.17) is 23.2 Å². The number of halogens is 2. The second kappa shape index (κ2) is 2.27. The van der Waals surface area contributed by atoms with E-state index in [9.17, 15) is 0 Å². The number of hydrogen-bond donors (Lipinski definition) is 0. The van der Waals surface area contributed by atoms with Gasteiger partial charge in [-0.05, 0) is 0 Å². The van der Waals surface area contributed by atoms with Crippen LogP contribution in [0.15, 0.2) is 21.7 Å². The molecule has 0 nitrogen and oxygen atoms in total. The number of allylic oxidation sites excluding steroid dienone is 2. The Balaban J connectivity index is 2.96. The van der Waals surface area contributed by atoms with E-state index >= 15 is 0 Å². The van der Waals surface area contributed by atoms with Gasteiger partial charge in [0.1, 0.15) is 0 Å². The van der Waals surface area contributed by atoms with Gasteiger partial charge in [-0.3, -0.25) is 0 Å². The molecule has 0 saturated heterocycles. The predicted octanol–water partition coefficient (Wildman–Crippen LogP) is 3.44. The van der Waals surface area contributed by atoms with Crippen molar-refractivity contribution in [3.8, 4) is 0 Å². The molecule has 0 spiro atoms. The lowest BCUT2D eigenvalue weighted by molar-refractivity contribution is 1.94. The first kappa shape index (κ1) is 7.60. The highest BCUT2D eigenvalue weighted by Crippen LogP contribution is 2.62. The van der Waals surface area contributed by atoms with Gasteiger partial charge in [0.25, 0.3) is 0 Å². The van der Waals surface area contributed by atoms with Crippen LogP contribution in [0, 0.1) is 0 Å². The Morgan fingerprint density at radius 2 is 1.44 bits per heavy atom. The topological polar surface area (TPSA) is 0 Å². The van der Waals surface area contributed by atoms with E-state index in [0.717, 1.165) is 10.1 Å². The van der Waals surface area contributed by atoms with Crippen molar-refractivity contribution in [2.45, 2.75) is 0 Å². The van der Waals surface area contributed by atoms with Gasteiger partial charge in [-0.1, -0.05) is 23.2 Å². The van der Waals surface area contributed by atoms with E-state index in [-0.39, 0.29) is 0 Å². The third kappa shape index (κ3) is 1.70. The maximum absolute atomic E-state index is 5.74. The van der Waals surface area contributed by atoms with Crippen molar-refractivity contribution in [1.82, 2.24) is 0 Å². The molecule has 0 saturated carbocycles. The maximum Gasteiger partial charge on any atom is 0.0976 e. The Hall–Kier alpha value is 0.490. The third-order valence-electron chi connectivity index (χ3n) is 1.12. The monoisotopic (exact) mass is 181 g/mol. The largest absolute Gasteiger partial charge is 0.0976 e. The molecular formula is C6H8Cl2P+. The van der Waals surface area contributed by atoms with Crippen molar-refractivity contribution in [1.29, 1.82) is 0 Å². The van der Waals surface area contributed by atoms with Crippen LogP contribution in [-0.2, 0) is 0 Å². The molecule has 0 radical (unpaired) electrons. The molecule has 9 heavy (non-hydrogen) atoms. The molecule has 3 heteroatoms. The lowest BCUT2D eigenvalue weighted by Crippen LogP contribution is -1.69. The van der Waals surface area contributed by atoms with E-state index < -0.39 is 7.26 Å². The van der Waals surface area contributed by atoms with Gasteiger partial charge in [0, 0.05) is 0 Å². The molecule has 0 atom stereocenters. The van der Waals surface area contributed by atoms with Crippen LogP contribution in [0.1, 0.15) is 0 Å². The molecule has 0 aromatic carbocycles. The minimum absolute atomic E-state index is 0.718. The summed E-state index contributed by atoms with van der Waals surface area (Å²) in [5, 5.41) is 1.44. The molecule has 50 valence electrons. The fourth-order valence-corrected chi connectivity index (χ4v) is 4.04. The van der Waals surface area contributed by atoms with Crippen molar-refractivity contribution < 1.29 is 0 Å². The van der Waals surface area contributed by atoms with Gasteiger partial charge in [-0.15, -0.1) is 0 Å². The van der Waals surface area contributed by atoms with Crippen molar-refractivity contribution in [2.75, 3.05) is 13.3 Å². The minimum atomic E-state index is -0.993. The standard InChI is InChI=1S/C6H8Cl2P/c1-9(2)3-5(7)6(8)4-9/h3-4H,1-2H3/q+1. The Kier molecular flexibility index (Phi) is 1.91. The van der Waals surface area contributed by atoms with Crippen molar-refractivity contribution in [2.24, 2.45) is 0 Å². The van der Waals surface area contributed by atoms with E-state index in [0.29, 0.717) is 0 Å². The summed E-state index contributed by atoms with van der Waals surface area (Å²) in [6.45, 7) is 4.34. The summed E-state index contributed by atoms with van der Waals surface area (Å²) in [4.78, 5) is 0. The molecule has 1 heterocycles. The molecule has 1 aliphatic rings. The summed E-state index contributed by atoms with van der Waals surface area (Å²) in [6.07, 6.45) is 0. The first-order valence-corrected chi connectivity index (χ1v) is 6.19. The highest BCUT2D eigenvalue weighted by atomic mass is 35.5. The SMILES string of the molecule is C[P+]1(C)C=C(Cl)C(Cl)=C1. The molecule has 1 rings (SSSR count). The zero-order chi connectivity index (χ0) is 7.07. The molecule has 0 bridgehead atoms. The maximum atomic E-state index is 5.74. The average Bonchev–Trinajstić information content (AvgIpc) is 1.79. The number of hydrogen-bond acceptors (Lipinski definition) is 0. The fourth-order valence-electron chi connectivity index (χ4n) is 0.745. The highest BCUT2D eigenvalue weighted by Gasteiger charge is 2.28. The zero-order valence-electron chi connectivity index (χ0n) is 5.36. The molecule has 0 aromatic heterocycles. The van der Waals surface area contributed by atoms with Gasteiger partial charge in [-0.25, -0.2) is 0 Å². The summed E-state index contributed by atoms with van der Waals surface area (Å²) in [7, 11) is -0.993. The van der Waals surface area contributed by atoms with Gasteiger partial charge in [0.15, 0.2) is 0 Å². The molecule has 1 aliphatic heterocycles. The van der Waals surface area contributed by atoms with Crippen molar-refractivity contribution in [3.05, 3.63) is 21.7 Å². The van der Waals surface area contributed by atoms with Crippen LogP contribution in [0.5, 0.6) is 0 Å². The molecule has 0 amide bonds.